The van der Waals surface area contributed by atoms with Crippen LogP contribution in [0.4, 0.5) is 0 Å². The number of hydrogen-bond acceptors (Lipinski definition) is 3. The van der Waals surface area contributed by atoms with Crippen molar-refractivity contribution >= 4 is 29.4 Å². The van der Waals surface area contributed by atoms with Crippen LogP contribution in [0.15, 0.2) is 30.5 Å². The summed E-state index contributed by atoms with van der Waals surface area (Å²) in [5.74, 6) is 0.0635. The van der Waals surface area contributed by atoms with E-state index in [1.54, 1.807) is 19.0 Å². The van der Waals surface area contributed by atoms with Crippen molar-refractivity contribution < 1.29 is 14.1 Å². The van der Waals surface area contributed by atoms with Crippen LogP contribution in [0.1, 0.15) is 27.7 Å². The fourth-order valence-electron chi connectivity index (χ4n) is 2.85. The van der Waals surface area contributed by atoms with Crippen molar-refractivity contribution in [1.82, 2.24) is 9.47 Å². The first kappa shape index (κ1) is 17.1. The van der Waals surface area contributed by atoms with Gasteiger partial charge in [-0.25, -0.2) is 0 Å². The van der Waals surface area contributed by atoms with Crippen LogP contribution >= 0.6 is 0 Å². The van der Waals surface area contributed by atoms with E-state index in [0.717, 1.165) is 16.4 Å². The van der Waals surface area contributed by atoms with Gasteiger partial charge in [-0.3, -0.25) is 4.79 Å². The van der Waals surface area contributed by atoms with Crippen LogP contribution in [-0.4, -0.2) is 47.8 Å². The Hall–Kier alpha value is -1.79. The molecule has 1 aliphatic rings. The number of amides is 1. The molecule has 0 bridgehead atoms. The Morgan fingerprint density at radius 3 is 2.33 bits per heavy atom. The minimum atomic E-state index is -0.404. The van der Waals surface area contributed by atoms with Crippen LogP contribution in [0.25, 0.3) is 10.9 Å². The Kier molecular flexibility index (Phi) is 4.01. The molecular formula is C18H25BN2O3. The molecule has 1 aliphatic heterocycles. The van der Waals surface area contributed by atoms with E-state index in [-0.39, 0.29) is 17.1 Å². The first-order chi connectivity index (χ1) is 11.1. The zero-order valence-corrected chi connectivity index (χ0v) is 15.3. The molecule has 3 rings (SSSR count). The van der Waals surface area contributed by atoms with Gasteiger partial charge in [-0.1, -0.05) is 12.1 Å². The molecule has 1 aromatic heterocycles. The molecule has 2 aromatic rings. The summed E-state index contributed by atoms with van der Waals surface area (Å²) in [5.41, 5.74) is 1.27. The fraction of sp³-hybridized carbons (Fsp3) is 0.500. The number of hydrogen-bond donors (Lipinski definition) is 0. The van der Waals surface area contributed by atoms with Crippen LogP contribution < -0.4 is 5.46 Å². The van der Waals surface area contributed by atoms with Crippen LogP contribution in [0, 0.1) is 0 Å². The lowest BCUT2D eigenvalue weighted by Crippen LogP contribution is -2.41. The summed E-state index contributed by atoms with van der Waals surface area (Å²) in [6.07, 6.45) is 1.95. The Morgan fingerprint density at radius 1 is 1.12 bits per heavy atom. The van der Waals surface area contributed by atoms with E-state index in [1.165, 1.54) is 0 Å². The molecule has 2 heterocycles. The van der Waals surface area contributed by atoms with E-state index < -0.39 is 7.12 Å². The smallest absolute Gasteiger partial charge is 0.399 e. The fourth-order valence-corrected chi connectivity index (χ4v) is 2.85. The molecule has 1 saturated heterocycles. The SMILES string of the molecule is CN(C)C(=O)Cn1ccc2c(B3OC(C)(C)C(C)(C)O3)cccc21. The van der Waals surface area contributed by atoms with Crippen LogP contribution in [0.2, 0.25) is 0 Å². The third-order valence-corrected chi connectivity index (χ3v) is 5.16. The highest BCUT2D eigenvalue weighted by Crippen LogP contribution is 2.37. The third kappa shape index (κ3) is 2.74. The topological polar surface area (TPSA) is 43.7 Å². The van der Waals surface area contributed by atoms with Gasteiger partial charge in [-0.05, 0) is 50.7 Å². The Bertz CT molecular complexity index is 764. The zero-order chi connectivity index (χ0) is 17.7. The van der Waals surface area contributed by atoms with Crippen molar-refractivity contribution in [3.05, 3.63) is 30.5 Å². The lowest BCUT2D eigenvalue weighted by Gasteiger charge is -2.32. The summed E-state index contributed by atoms with van der Waals surface area (Å²) in [6, 6.07) is 8.06. The van der Waals surface area contributed by atoms with Gasteiger partial charge in [0.2, 0.25) is 5.91 Å². The molecule has 6 heteroatoms. The highest BCUT2D eigenvalue weighted by molar-refractivity contribution is 6.65. The maximum absolute atomic E-state index is 12.0. The summed E-state index contributed by atoms with van der Waals surface area (Å²) in [4.78, 5) is 13.6. The number of nitrogens with zero attached hydrogens (tertiary/aromatic N) is 2. The summed E-state index contributed by atoms with van der Waals surface area (Å²) < 4.78 is 14.3. The monoisotopic (exact) mass is 328 g/mol. The number of likely N-dealkylation sites (N-methyl/N-ethyl adjacent to an activating group) is 1. The third-order valence-electron chi connectivity index (χ3n) is 5.16. The second-order valence-electron chi connectivity index (χ2n) is 7.60. The Morgan fingerprint density at radius 2 is 1.75 bits per heavy atom. The normalized spacial score (nSPS) is 19.0. The van der Waals surface area contributed by atoms with Crippen molar-refractivity contribution in [1.29, 1.82) is 0 Å². The van der Waals surface area contributed by atoms with E-state index in [9.17, 15) is 4.79 Å². The standard InChI is InChI=1S/C18H25BN2O3/c1-17(2)18(3,4)24-19(23-17)14-8-7-9-15-13(14)10-11-21(15)12-16(22)20(5)6/h7-11H,12H2,1-6H3. The van der Waals surface area contributed by atoms with Crippen LogP contribution in [0.5, 0.6) is 0 Å². The van der Waals surface area contributed by atoms with E-state index >= 15 is 0 Å². The van der Waals surface area contributed by atoms with Gasteiger partial charge in [0.15, 0.2) is 0 Å². The molecule has 24 heavy (non-hydrogen) atoms. The van der Waals surface area contributed by atoms with Crippen molar-refractivity contribution in [2.24, 2.45) is 0 Å². The quantitative estimate of drug-likeness (QED) is 0.810. The minimum Gasteiger partial charge on any atom is -0.399 e. The lowest BCUT2D eigenvalue weighted by molar-refractivity contribution is -0.129. The molecule has 0 radical (unpaired) electrons. The van der Waals surface area contributed by atoms with E-state index in [4.69, 9.17) is 9.31 Å². The molecule has 0 atom stereocenters. The second-order valence-corrected chi connectivity index (χ2v) is 7.60. The largest absolute Gasteiger partial charge is 0.495 e. The van der Waals surface area contributed by atoms with Gasteiger partial charge in [0.1, 0.15) is 6.54 Å². The predicted molar refractivity (Wildman–Crippen MR) is 96.3 cm³/mol. The maximum atomic E-state index is 12.0. The molecule has 1 fully saturated rings. The molecule has 0 unspecified atom stereocenters. The molecule has 0 N–H and O–H groups in total. The first-order valence-electron chi connectivity index (χ1n) is 8.26. The molecule has 5 nitrogen and oxygen atoms in total. The summed E-state index contributed by atoms with van der Waals surface area (Å²) >= 11 is 0. The first-order valence-corrected chi connectivity index (χ1v) is 8.26. The molecule has 0 spiro atoms. The average Bonchev–Trinajstić information content (AvgIpc) is 2.97. The highest BCUT2D eigenvalue weighted by atomic mass is 16.7. The average molecular weight is 328 g/mol. The van der Waals surface area contributed by atoms with Gasteiger partial charge in [0, 0.05) is 25.8 Å². The Labute approximate surface area is 143 Å². The van der Waals surface area contributed by atoms with Gasteiger partial charge < -0.3 is 18.8 Å². The van der Waals surface area contributed by atoms with Gasteiger partial charge >= 0.3 is 7.12 Å². The number of benzene rings is 1. The molecule has 0 saturated carbocycles. The van der Waals surface area contributed by atoms with Gasteiger partial charge in [-0.15, -0.1) is 0 Å². The Balaban J connectivity index is 1.97. The number of fused-ring (bicyclic) bond motifs is 1. The molecular weight excluding hydrogens is 303 g/mol. The number of aromatic nitrogens is 1. The maximum Gasteiger partial charge on any atom is 0.495 e. The highest BCUT2D eigenvalue weighted by Gasteiger charge is 2.52. The second kappa shape index (κ2) is 5.64. The minimum absolute atomic E-state index is 0.0635. The van der Waals surface area contributed by atoms with Gasteiger partial charge in [0.25, 0.3) is 0 Å². The van der Waals surface area contributed by atoms with Gasteiger partial charge in [-0.2, -0.15) is 0 Å². The van der Waals surface area contributed by atoms with Crippen LogP contribution in [0.3, 0.4) is 0 Å². The van der Waals surface area contributed by atoms with E-state index in [1.807, 2.05) is 62.7 Å². The summed E-state index contributed by atoms with van der Waals surface area (Å²) in [7, 11) is 3.13. The lowest BCUT2D eigenvalue weighted by atomic mass is 9.77. The summed E-state index contributed by atoms with van der Waals surface area (Å²) in [6.45, 7) is 8.52. The van der Waals surface area contributed by atoms with E-state index in [2.05, 4.69) is 0 Å². The number of carbonyl (C=O) groups is 1. The van der Waals surface area contributed by atoms with Crippen molar-refractivity contribution in [3.8, 4) is 0 Å². The summed E-state index contributed by atoms with van der Waals surface area (Å²) in [5, 5.41) is 1.06. The number of rotatable bonds is 3. The van der Waals surface area contributed by atoms with Crippen molar-refractivity contribution in [2.75, 3.05) is 14.1 Å². The zero-order valence-electron chi connectivity index (χ0n) is 15.3. The molecule has 0 aliphatic carbocycles. The number of carbonyl (C=O) groups excluding carboxylic acids is 1. The van der Waals surface area contributed by atoms with E-state index in [0.29, 0.717) is 6.54 Å². The molecule has 128 valence electrons. The van der Waals surface area contributed by atoms with Crippen molar-refractivity contribution in [2.45, 2.75) is 45.4 Å². The van der Waals surface area contributed by atoms with Crippen molar-refractivity contribution in [3.63, 3.8) is 0 Å². The molecule has 1 aromatic carbocycles. The van der Waals surface area contributed by atoms with Crippen LogP contribution in [-0.2, 0) is 20.6 Å². The van der Waals surface area contributed by atoms with Gasteiger partial charge in [0.05, 0.1) is 11.2 Å². The molecule has 1 amide bonds. The predicted octanol–water partition coefficient (Wildman–Crippen LogP) is 2.03.